The van der Waals surface area contributed by atoms with Crippen LogP contribution < -0.4 is 5.73 Å². The number of hydrogen-bond donors (Lipinski definition) is 1. The molecule has 2 amide bonds. The van der Waals surface area contributed by atoms with Crippen LogP contribution in [-0.2, 0) is 4.79 Å². The molecule has 2 rings (SSSR count). The zero-order valence-electron chi connectivity index (χ0n) is 14.8. The van der Waals surface area contributed by atoms with Gasteiger partial charge in [0.15, 0.2) is 0 Å². The standard InChI is InChI=1S/C19H29N3O2/c1-3-19(4-2,15-20)18(24)22-12-8-11-21(13-14-22)17(23)16-9-6-5-7-10-16/h5-7,9-10H,3-4,8,11-15,20H2,1-2H3. The Morgan fingerprint density at radius 1 is 1.00 bits per heavy atom. The van der Waals surface area contributed by atoms with Gasteiger partial charge in [-0.2, -0.15) is 0 Å². The van der Waals surface area contributed by atoms with Crippen LogP contribution in [0.25, 0.3) is 0 Å². The van der Waals surface area contributed by atoms with Gasteiger partial charge < -0.3 is 15.5 Å². The molecule has 24 heavy (non-hydrogen) atoms. The molecule has 132 valence electrons. The van der Waals surface area contributed by atoms with E-state index >= 15 is 0 Å². The highest BCUT2D eigenvalue weighted by molar-refractivity contribution is 5.94. The van der Waals surface area contributed by atoms with E-state index in [4.69, 9.17) is 5.73 Å². The number of carbonyl (C=O) groups excluding carboxylic acids is 2. The van der Waals surface area contributed by atoms with Crippen LogP contribution in [0.4, 0.5) is 0 Å². The van der Waals surface area contributed by atoms with E-state index in [0.717, 1.165) is 19.3 Å². The highest BCUT2D eigenvalue weighted by Crippen LogP contribution is 2.28. The first kappa shape index (κ1) is 18.5. The van der Waals surface area contributed by atoms with Crippen molar-refractivity contribution in [3.63, 3.8) is 0 Å². The summed E-state index contributed by atoms with van der Waals surface area (Å²) in [6.07, 6.45) is 2.31. The van der Waals surface area contributed by atoms with Gasteiger partial charge in [-0.05, 0) is 31.4 Å². The van der Waals surface area contributed by atoms with Gasteiger partial charge in [0.2, 0.25) is 5.91 Å². The highest BCUT2D eigenvalue weighted by Gasteiger charge is 2.37. The first-order valence-electron chi connectivity index (χ1n) is 8.91. The van der Waals surface area contributed by atoms with Gasteiger partial charge in [-0.25, -0.2) is 0 Å². The second kappa shape index (κ2) is 8.29. The minimum absolute atomic E-state index is 0.0426. The Morgan fingerprint density at radius 3 is 2.17 bits per heavy atom. The zero-order chi connectivity index (χ0) is 17.6. The van der Waals surface area contributed by atoms with Gasteiger partial charge in [0.25, 0.3) is 5.91 Å². The summed E-state index contributed by atoms with van der Waals surface area (Å²) >= 11 is 0. The van der Waals surface area contributed by atoms with Crippen LogP contribution in [-0.4, -0.2) is 54.3 Å². The second-order valence-electron chi connectivity index (χ2n) is 6.50. The lowest BCUT2D eigenvalue weighted by Gasteiger charge is -2.34. The summed E-state index contributed by atoms with van der Waals surface area (Å²) in [5, 5.41) is 0. The van der Waals surface area contributed by atoms with Gasteiger partial charge in [-0.1, -0.05) is 32.0 Å². The fraction of sp³-hybridized carbons (Fsp3) is 0.579. The summed E-state index contributed by atoms with van der Waals surface area (Å²) in [7, 11) is 0. The number of nitrogens with two attached hydrogens (primary N) is 1. The Kier molecular flexibility index (Phi) is 6.37. The van der Waals surface area contributed by atoms with Gasteiger partial charge in [-0.15, -0.1) is 0 Å². The molecular weight excluding hydrogens is 302 g/mol. The smallest absolute Gasteiger partial charge is 0.253 e. The van der Waals surface area contributed by atoms with Gasteiger partial charge in [-0.3, -0.25) is 9.59 Å². The van der Waals surface area contributed by atoms with Crippen molar-refractivity contribution in [3.8, 4) is 0 Å². The van der Waals surface area contributed by atoms with Crippen LogP contribution in [0.2, 0.25) is 0 Å². The maximum Gasteiger partial charge on any atom is 0.253 e. The molecule has 1 aromatic rings. The Hall–Kier alpha value is -1.88. The number of amides is 2. The van der Waals surface area contributed by atoms with E-state index in [9.17, 15) is 9.59 Å². The van der Waals surface area contributed by atoms with E-state index in [1.54, 1.807) is 0 Å². The molecule has 0 aromatic heterocycles. The molecule has 0 spiro atoms. The normalized spacial score (nSPS) is 16.0. The first-order chi connectivity index (χ1) is 11.6. The summed E-state index contributed by atoms with van der Waals surface area (Å²) in [6.45, 7) is 6.97. The molecule has 0 aliphatic carbocycles. The number of rotatable bonds is 5. The number of benzene rings is 1. The predicted octanol–water partition coefficient (Wildman–Crippen LogP) is 2.13. The van der Waals surface area contributed by atoms with Gasteiger partial charge in [0.05, 0.1) is 5.41 Å². The lowest BCUT2D eigenvalue weighted by atomic mass is 9.81. The quantitative estimate of drug-likeness (QED) is 0.899. The third kappa shape index (κ3) is 3.78. The van der Waals surface area contributed by atoms with Crippen molar-refractivity contribution in [2.45, 2.75) is 33.1 Å². The summed E-state index contributed by atoms with van der Waals surface area (Å²) in [5.74, 6) is 0.185. The van der Waals surface area contributed by atoms with Crippen molar-refractivity contribution >= 4 is 11.8 Å². The van der Waals surface area contributed by atoms with Crippen molar-refractivity contribution in [3.05, 3.63) is 35.9 Å². The molecule has 1 fully saturated rings. The minimum Gasteiger partial charge on any atom is -0.340 e. The molecule has 5 nitrogen and oxygen atoms in total. The molecular formula is C19H29N3O2. The van der Waals surface area contributed by atoms with Crippen LogP contribution in [0.15, 0.2) is 30.3 Å². The van der Waals surface area contributed by atoms with Crippen LogP contribution in [0, 0.1) is 5.41 Å². The van der Waals surface area contributed by atoms with Crippen molar-refractivity contribution < 1.29 is 9.59 Å². The SMILES string of the molecule is CCC(CC)(CN)C(=O)N1CCCN(C(=O)c2ccccc2)CC1. The molecule has 1 heterocycles. The topological polar surface area (TPSA) is 66.6 Å². The summed E-state index contributed by atoms with van der Waals surface area (Å²) in [6, 6.07) is 9.33. The van der Waals surface area contributed by atoms with Gasteiger partial charge in [0, 0.05) is 38.3 Å². The van der Waals surface area contributed by atoms with E-state index < -0.39 is 5.41 Å². The van der Waals surface area contributed by atoms with Crippen molar-refractivity contribution in [1.29, 1.82) is 0 Å². The third-order valence-electron chi connectivity index (χ3n) is 5.29. The van der Waals surface area contributed by atoms with Crippen molar-refractivity contribution in [2.24, 2.45) is 11.1 Å². The molecule has 0 radical (unpaired) electrons. The average molecular weight is 331 g/mol. The number of nitrogens with zero attached hydrogens (tertiary/aromatic N) is 2. The fourth-order valence-electron chi connectivity index (χ4n) is 3.35. The van der Waals surface area contributed by atoms with E-state index in [2.05, 4.69) is 0 Å². The van der Waals surface area contributed by atoms with Crippen molar-refractivity contribution in [2.75, 3.05) is 32.7 Å². The molecule has 5 heteroatoms. The van der Waals surface area contributed by atoms with Crippen LogP contribution in [0.3, 0.4) is 0 Å². The fourth-order valence-corrected chi connectivity index (χ4v) is 3.35. The molecule has 0 atom stereocenters. The molecule has 1 saturated heterocycles. The van der Waals surface area contributed by atoms with Crippen molar-refractivity contribution in [1.82, 2.24) is 9.80 Å². The first-order valence-corrected chi connectivity index (χ1v) is 8.91. The minimum atomic E-state index is -0.460. The molecule has 0 bridgehead atoms. The third-order valence-corrected chi connectivity index (χ3v) is 5.29. The number of carbonyl (C=O) groups is 2. The van der Waals surface area contributed by atoms with Crippen LogP contribution in [0.5, 0.6) is 0 Å². The summed E-state index contributed by atoms with van der Waals surface area (Å²) in [5.41, 5.74) is 6.16. The Balaban J connectivity index is 2.05. The molecule has 2 N–H and O–H groups in total. The maximum atomic E-state index is 13.0. The zero-order valence-corrected chi connectivity index (χ0v) is 14.8. The van der Waals surface area contributed by atoms with Gasteiger partial charge >= 0.3 is 0 Å². The largest absolute Gasteiger partial charge is 0.340 e. The Labute approximate surface area is 144 Å². The van der Waals surface area contributed by atoms with E-state index in [1.165, 1.54) is 0 Å². The maximum absolute atomic E-state index is 13.0. The molecule has 0 saturated carbocycles. The highest BCUT2D eigenvalue weighted by atomic mass is 16.2. The van der Waals surface area contributed by atoms with Gasteiger partial charge in [0.1, 0.15) is 0 Å². The second-order valence-corrected chi connectivity index (χ2v) is 6.50. The summed E-state index contributed by atoms with van der Waals surface area (Å²) in [4.78, 5) is 29.3. The Morgan fingerprint density at radius 2 is 1.58 bits per heavy atom. The van der Waals surface area contributed by atoms with E-state index in [0.29, 0.717) is 38.3 Å². The molecule has 1 aliphatic heterocycles. The van der Waals surface area contributed by atoms with E-state index in [-0.39, 0.29) is 11.8 Å². The molecule has 1 aliphatic rings. The average Bonchev–Trinajstić information content (AvgIpc) is 2.89. The molecule has 0 unspecified atom stereocenters. The summed E-state index contributed by atoms with van der Waals surface area (Å²) < 4.78 is 0. The Bertz CT molecular complexity index is 547. The molecule has 1 aromatic carbocycles. The monoisotopic (exact) mass is 331 g/mol. The predicted molar refractivity (Wildman–Crippen MR) is 95.6 cm³/mol. The van der Waals surface area contributed by atoms with Crippen LogP contribution in [0.1, 0.15) is 43.5 Å². The van der Waals surface area contributed by atoms with Crippen LogP contribution >= 0.6 is 0 Å². The van der Waals surface area contributed by atoms with E-state index in [1.807, 2.05) is 54.0 Å². The lowest BCUT2D eigenvalue weighted by molar-refractivity contribution is -0.142. The lowest BCUT2D eigenvalue weighted by Crippen LogP contribution is -2.48. The number of hydrogen-bond acceptors (Lipinski definition) is 3.